The molecule has 0 saturated carbocycles. The van der Waals surface area contributed by atoms with Gasteiger partial charge in [0.25, 0.3) is 0 Å². The monoisotopic (exact) mass is 973 g/mol. The number of ether oxygens (including phenoxy) is 7. The van der Waals surface area contributed by atoms with Gasteiger partial charge >= 0.3 is 35.8 Å². The molecule has 0 bridgehead atoms. The Morgan fingerprint density at radius 2 is 1.00 bits per heavy atom. The Morgan fingerprint density at radius 3 is 1.43 bits per heavy atom. The number of hydrogen-bond acceptors (Lipinski definition) is 13. The number of methoxy groups -OCH3 is 2. The number of esters is 4. The molecule has 8 rings (SSSR count). The van der Waals surface area contributed by atoms with Crippen LogP contribution in [0, 0.1) is 0 Å². The third-order valence-corrected chi connectivity index (χ3v) is 12.5. The van der Waals surface area contributed by atoms with Gasteiger partial charge in [-0.05, 0) is 81.9 Å². The van der Waals surface area contributed by atoms with Gasteiger partial charge in [0.1, 0.15) is 44.0 Å². The first-order valence-corrected chi connectivity index (χ1v) is 22.4. The second kappa shape index (κ2) is 20.9. The Bertz CT molecular complexity index is 3250. The van der Waals surface area contributed by atoms with E-state index in [0.29, 0.717) is 33.3 Å². The van der Waals surface area contributed by atoms with Gasteiger partial charge < -0.3 is 47.9 Å². The number of aromatic nitrogens is 1. The quantitative estimate of drug-likeness (QED) is 0.0417. The molecule has 1 aliphatic carbocycles. The van der Waals surface area contributed by atoms with Crippen LogP contribution in [0.1, 0.15) is 63.7 Å². The number of aromatic carboxylic acids is 2. The van der Waals surface area contributed by atoms with Crippen LogP contribution < -0.4 is 9.47 Å². The molecule has 0 saturated heterocycles. The van der Waals surface area contributed by atoms with Gasteiger partial charge in [-0.1, -0.05) is 86.0 Å². The van der Waals surface area contributed by atoms with E-state index in [9.17, 15) is 39.0 Å². The molecule has 0 fully saturated rings. The Hall–Kier alpha value is -9.02. The van der Waals surface area contributed by atoms with Crippen molar-refractivity contribution in [2.75, 3.05) is 40.6 Å². The molecule has 2 atom stereocenters. The summed E-state index contributed by atoms with van der Waals surface area (Å²) in [4.78, 5) is 75.3. The van der Waals surface area contributed by atoms with Gasteiger partial charge in [-0.25, -0.2) is 28.8 Å². The molecule has 0 amide bonds. The number of rotatable bonds is 20. The van der Waals surface area contributed by atoms with Gasteiger partial charge in [-0.3, -0.25) is 0 Å². The van der Waals surface area contributed by atoms with Crippen molar-refractivity contribution in [1.29, 1.82) is 0 Å². The molecule has 72 heavy (non-hydrogen) atoms. The molecule has 2 unspecified atom stereocenters. The minimum Gasteiger partial charge on any atom is -0.491 e. The van der Waals surface area contributed by atoms with Crippen LogP contribution in [0.2, 0.25) is 0 Å². The van der Waals surface area contributed by atoms with E-state index in [-0.39, 0.29) is 36.5 Å². The topological polar surface area (TPSA) is 212 Å². The number of carboxylic acids is 2. The first kappa shape index (κ1) is 49.4. The number of benzene rings is 6. The maximum atomic E-state index is 14.0. The number of carboxylic acid groups (broad SMARTS) is 2. The molecular weight excluding hydrogens is 927 g/mol. The largest absolute Gasteiger partial charge is 0.491 e. The van der Waals surface area contributed by atoms with Gasteiger partial charge in [0.2, 0.25) is 0 Å². The standard InChI is InChI=1S/C56H47NO15/c1-6-50(58)70-29-36(66-4)28-68-34-20-16-32(17-21-34)56(46-14-10-8-12-38(46)39-13-9-11-15-47(39)56)33-18-22-35(23-19-33)69-30-37(31-71-51(59)7-2)72-55(65)45-27-49-41(25-43(45)53(62)63)40-24-42(52(60)61)44(54(64)67-5)26-48(40)57(49)3/h6-27,36-37H,1-2,28-31H2,3-5H3,(H,60,61)(H,62,63). The van der Waals surface area contributed by atoms with Crippen molar-refractivity contribution in [3.63, 3.8) is 0 Å². The zero-order valence-electron chi connectivity index (χ0n) is 39.2. The van der Waals surface area contributed by atoms with E-state index in [2.05, 4.69) is 37.4 Å². The molecule has 6 aromatic carbocycles. The molecule has 16 heteroatoms. The highest BCUT2D eigenvalue weighted by Gasteiger charge is 2.46. The fourth-order valence-corrected chi connectivity index (χ4v) is 9.08. The van der Waals surface area contributed by atoms with E-state index in [0.717, 1.165) is 52.6 Å². The Labute approximate surface area is 412 Å². The Kier molecular flexibility index (Phi) is 14.3. The highest BCUT2D eigenvalue weighted by Crippen LogP contribution is 2.56. The van der Waals surface area contributed by atoms with E-state index in [4.69, 9.17) is 33.2 Å². The summed E-state index contributed by atoms with van der Waals surface area (Å²) in [5.41, 5.74) is 4.55. The maximum Gasteiger partial charge on any atom is 0.339 e. The smallest absolute Gasteiger partial charge is 0.339 e. The highest BCUT2D eigenvalue weighted by atomic mass is 16.6. The van der Waals surface area contributed by atoms with E-state index in [1.807, 2.05) is 60.7 Å². The SMILES string of the molecule is C=CC(=O)OCC(COc1ccc(C2(c3ccc(OCC(COC(=O)C=C)OC(=O)c4cc5c(cc4C(=O)O)c4cc(C(=O)O)c(C(=O)OC)cc4n5C)cc3)c3ccccc3-c3ccccc32)cc1)OC. The van der Waals surface area contributed by atoms with E-state index in [1.165, 1.54) is 31.4 Å². The zero-order chi connectivity index (χ0) is 51.3. The second-order valence-electron chi connectivity index (χ2n) is 16.6. The summed E-state index contributed by atoms with van der Waals surface area (Å²) in [5, 5.41) is 20.8. The van der Waals surface area contributed by atoms with Crippen LogP contribution in [0.5, 0.6) is 11.5 Å². The van der Waals surface area contributed by atoms with Crippen molar-refractivity contribution in [3.05, 3.63) is 191 Å². The highest BCUT2D eigenvalue weighted by molar-refractivity contribution is 6.17. The summed E-state index contributed by atoms with van der Waals surface area (Å²) in [5.74, 6) is -5.27. The summed E-state index contributed by atoms with van der Waals surface area (Å²) >= 11 is 0. The number of carbonyl (C=O) groups is 6. The van der Waals surface area contributed by atoms with Crippen LogP contribution >= 0.6 is 0 Å². The molecule has 7 aromatic rings. The van der Waals surface area contributed by atoms with Crippen LogP contribution in [0.15, 0.2) is 147 Å². The molecule has 1 heterocycles. The van der Waals surface area contributed by atoms with Gasteiger partial charge in [0.05, 0.1) is 34.8 Å². The minimum atomic E-state index is -1.48. The maximum absolute atomic E-state index is 14.0. The number of hydrogen-bond donors (Lipinski definition) is 2. The van der Waals surface area contributed by atoms with Crippen LogP contribution in [0.3, 0.4) is 0 Å². The van der Waals surface area contributed by atoms with Crippen molar-refractivity contribution >= 4 is 57.6 Å². The van der Waals surface area contributed by atoms with Crippen molar-refractivity contribution in [3.8, 4) is 22.6 Å². The lowest BCUT2D eigenvalue weighted by Gasteiger charge is -2.34. The predicted octanol–water partition coefficient (Wildman–Crippen LogP) is 8.33. The Balaban J connectivity index is 1.08. The molecule has 16 nitrogen and oxygen atoms in total. The lowest BCUT2D eigenvalue weighted by atomic mass is 9.68. The molecule has 2 N–H and O–H groups in total. The van der Waals surface area contributed by atoms with Crippen molar-refractivity contribution in [2.45, 2.75) is 17.6 Å². The van der Waals surface area contributed by atoms with Crippen molar-refractivity contribution in [1.82, 2.24) is 4.57 Å². The summed E-state index contributed by atoms with van der Waals surface area (Å²) in [6.45, 7) is 6.15. The first-order chi connectivity index (χ1) is 34.7. The minimum absolute atomic E-state index is 0.00901. The fraction of sp³-hybridized carbons (Fsp3) is 0.179. The van der Waals surface area contributed by atoms with Crippen LogP contribution in [-0.4, -0.2) is 103 Å². The van der Waals surface area contributed by atoms with Gasteiger partial charge in [-0.15, -0.1) is 0 Å². The number of aryl methyl sites for hydroxylation is 1. The second-order valence-corrected chi connectivity index (χ2v) is 16.6. The summed E-state index contributed by atoms with van der Waals surface area (Å²) in [6, 6.07) is 36.7. The molecule has 1 aliphatic rings. The Morgan fingerprint density at radius 1 is 0.569 bits per heavy atom. The molecular formula is C56H47NO15. The van der Waals surface area contributed by atoms with E-state index in [1.54, 1.807) is 23.7 Å². The summed E-state index contributed by atoms with van der Waals surface area (Å²) in [6.07, 6.45) is 0.250. The molecule has 0 aliphatic heterocycles. The molecule has 366 valence electrons. The van der Waals surface area contributed by atoms with Gasteiger partial charge in [0.15, 0.2) is 6.10 Å². The number of carbonyl (C=O) groups excluding carboxylic acids is 4. The number of nitrogens with zero attached hydrogens (tertiary/aromatic N) is 1. The van der Waals surface area contributed by atoms with E-state index < -0.39 is 65.6 Å². The third kappa shape index (κ3) is 9.37. The lowest BCUT2D eigenvalue weighted by Crippen LogP contribution is -2.31. The molecule has 0 spiro atoms. The third-order valence-electron chi connectivity index (χ3n) is 12.5. The first-order valence-electron chi connectivity index (χ1n) is 22.4. The van der Waals surface area contributed by atoms with Gasteiger partial charge in [-0.2, -0.15) is 0 Å². The van der Waals surface area contributed by atoms with Gasteiger partial charge in [0, 0.05) is 48.1 Å². The fourth-order valence-electron chi connectivity index (χ4n) is 9.08. The van der Waals surface area contributed by atoms with E-state index >= 15 is 0 Å². The van der Waals surface area contributed by atoms with Crippen molar-refractivity contribution in [2.24, 2.45) is 7.05 Å². The summed E-state index contributed by atoms with van der Waals surface area (Å²) in [7, 11) is 4.22. The van der Waals surface area contributed by atoms with Crippen molar-refractivity contribution < 1.29 is 72.1 Å². The van der Waals surface area contributed by atoms with Crippen LogP contribution in [0.25, 0.3) is 32.9 Å². The normalized spacial score (nSPS) is 12.9. The molecule has 0 radical (unpaired) electrons. The zero-order valence-corrected chi connectivity index (χ0v) is 39.2. The average Bonchev–Trinajstić information content (AvgIpc) is 3.86. The van der Waals surface area contributed by atoms with Crippen LogP contribution in [0.4, 0.5) is 0 Å². The molecule has 1 aromatic heterocycles. The predicted molar refractivity (Wildman–Crippen MR) is 263 cm³/mol. The van der Waals surface area contributed by atoms with Crippen LogP contribution in [-0.2, 0) is 45.7 Å². The average molecular weight is 974 g/mol. The number of fused-ring (bicyclic) bond motifs is 6. The summed E-state index contributed by atoms with van der Waals surface area (Å²) < 4.78 is 40.3. The lowest BCUT2D eigenvalue weighted by molar-refractivity contribution is -0.142.